The number of ether oxygens (including phenoxy) is 4. The van der Waals surface area contributed by atoms with E-state index >= 15 is 0 Å². The molecule has 3 aliphatic rings. The van der Waals surface area contributed by atoms with E-state index in [1.807, 2.05) is 4.90 Å². The van der Waals surface area contributed by atoms with Gasteiger partial charge in [-0.3, -0.25) is 9.69 Å². The molecule has 32 heavy (non-hydrogen) atoms. The van der Waals surface area contributed by atoms with Gasteiger partial charge in [0.1, 0.15) is 0 Å². The van der Waals surface area contributed by atoms with Gasteiger partial charge in [-0.1, -0.05) is 13.8 Å². The lowest BCUT2D eigenvalue weighted by molar-refractivity contribution is -0.0599. The van der Waals surface area contributed by atoms with Crippen LogP contribution in [0.3, 0.4) is 0 Å². The number of aliphatic hydroxyl groups excluding tert-OH is 1. The molecule has 178 valence electrons. The fourth-order valence-electron chi connectivity index (χ4n) is 4.16. The van der Waals surface area contributed by atoms with Gasteiger partial charge in [-0.05, 0) is 42.9 Å². The monoisotopic (exact) mass is 448 g/mol. The van der Waals surface area contributed by atoms with Gasteiger partial charge in [-0.15, -0.1) is 0 Å². The smallest absolute Gasteiger partial charge is 0.254 e. The number of carbonyl (C=O) groups is 1. The number of morpholine rings is 1. The summed E-state index contributed by atoms with van der Waals surface area (Å²) in [5.74, 6) is 2.33. The highest BCUT2D eigenvalue weighted by Crippen LogP contribution is 2.34. The Morgan fingerprint density at radius 3 is 2.81 bits per heavy atom. The molecule has 0 bridgehead atoms. The number of benzene rings is 1. The molecule has 0 spiro atoms. The number of rotatable bonds is 11. The molecule has 8 heteroatoms. The van der Waals surface area contributed by atoms with E-state index in [1.165, 1.54) is 12.8 Å². The average molecular weight is 449 g/mol. The molecule has 8 nitrogen and oxygen atoms in total. The number of hydrogen-bond donors (Lipinski definition) is 1. The molecule has 1 amide bonds. The number of aliphatic hydroxyl groups is 1. The average Bonchev–Trinajstić information content (AvgIpc) is 3.45. The summed E-state index contributed by atoms with van der Waals surface area (Å²) < 4.78 is 22.4. The van der Waals surface area contributed by atoms with Crippen LogP contribution in [0.1, 0.15) is 37.0 Å². The van der Waals surface area contributed by atoms with Crippen LogP contribution in [0.5, 0.6) is 11.5 Å². The van der Waals surface area contributed by atoms with Crippen molar-refractivity contribution in [3.8, 4) is 11.5 Å². The summed E-state index contributed by atoms with van der Waals surface area (Å²) >= 11 is 0. The Labute approximate surface area is 190 Å². The molecule has 4 rings (SSSR count). The van der Waals surface area contributed by atoms with Crippen molar-refractivity contribution in [2.24, 2.45) is 11.8 Å². The van der Waals surface area contributed by atoms with Gasteiger partial charge in [-0.2, -0.15) is 0 Å². The van der Waals surface area contributed by atoms with E-state index in [4.69, 9.17) is 18.9 Å². The quantitative estimate of drug-likeness (QED) is 0.555. The van der Waals surface area contributed by atoms with Gasteiger partial charge in [0.15, 0.2) is 11.5 Å². The Morgan fingerprint density at radius 2 is 2.03 bits per heavy atom. The molecular formula is C24H36N2O6. The van der Waals surface area contributed by atoms with Gasteiger partial charge >= 0.3 is 0 Å². The first-order chi connectivity index (χ1) is 15.5. The lowest BCUT2D eigenvalue weighted by atomic mass is 10.1. The lowest BCUT2D eigenvalue weighted by Gasteiger charge is -2.36. The third kappa shape index (κ3) is 6.57. The summed E-state index contributed by atoms with van der Waals surface area (Å²) in [7, 11) is 0. The Hall–Kier alpha value is -1.87. The first-order valence-corrected chi connectivity index (χ1v) is 11.8. The van der Waals surface area contributed by atoms with Crippen LogP contribution in [0.4, 0.5) is 0 Å². The highest BCUT2D eigenvalue weighted by Gasteiger charge is 2.31. The second-order valence-electron chi connectivity index (χ2n) is 9.56. The maximum absolute atomic E-state index is 13.3. The zero-order valence-corrected chi connectivity index (χ0v) is 19.2. The standard InChI is InChI=1S/C24H36N2O6/c1-17(2)14-29-15-20(27)11-25-7-8-30-21(12-25)13-26(10-18-3-4-18)24(28)19-5-6-22-23(9-19)32-16-31-22/h5-6,9,17-18,20-21,27H,3-4,7-8,10-16H2,1-2H3/t20-,21-/m0/s1. The molecular weight excluding hydrogens is 412 g/mol. The molecule has 2 atom stereocenters. The van der Waals surface area contributed by atoms with Crippen molar-refractivity contribution in [3.05, 3.63) is 23.8 Å². The van der Waals surface area contributed by atoms with Crippen LogP contribution in [-0.2, 0) is 9.47 Å². The molecule has 1 aromatic rings. The van der Waals surface area contributed by atoms with Crippen molar-refractivity contribution in [2.45, 2.75) is 38.9 Å². The molecule has 1 saturated heterocycles. The SMILES string of the molecule is CC(C)COC[C@@H](O)CN1CCO[C@H](CN(CC2CC2)C(=O)c2ccc3c(c2)OCO3)C1. The maximum atomic E-state index is 13.3. The van der Waals surface area contributed by atoms with Crippen molar-refractivity contribution in [1.29, 1.82) is 0 Å². The van der Waals surface area contributed by atoms with E-state index in [-0.39, 0.29) is 18.8 Å². The molecule has 1 aliphatic carbocycles. The summed E-state index contributed by atoms with van der Waals surface area (Å²) in [5.41, 5.74) is 0.611. The Kier molecular flexibility index (Phi) is 7.88. The molecule has 0 aromatic heterocycles. The highest BCUT2D eigenvalue weighted by molar-refractivity contribution is 5.95. The molecule has 2 aliphatic heterocycles. The van der Waals surface area contributed by atoms with E-state index in [9.17, 15) is 9.90 Å². The lowest BCUT2D eigenvalue weighted by Crippen LogP contribution is -2.51. The number of carbonyl (C=O) groups excluding carboxylic acids is 1. The third-order valence-corrected chi connectivity index (χ3v) is 5.96. The van der Waals surface area contributed by atoms with Crippen molar-refractivity contribution in [2.75, 3.05) is 59.3 Å². The zero-order chi connectivity index (χ0) is 22.5. The second kappa shape index (κ2) is 10.8. The van der Waals surface area contributed by atoms with Gasteiger partial charge in [0, 0.05) is 44.9 Å². The molecule has 0 unspecified atom stereocenters. The van der Waals surface area contributed by atoms with Crippen molar-refractivity contribution in [1.82, 2.24) is 9.80 Å². The summed E-state index contributed by atoms with van der Waals surface area (Å²) in [6.45, 7) is 9.29. The number of hydrogen-bond acceptors (Lipinski definition) is 7. The van der Waals surface area contributed by atoms with Gasteiger partial charge < -0.3 is 29.0 Å². The topological polar surface area (TPSA) is 80.7 Å². The summed E-state index contributed by atoms with van der Waals surface area (Å²) in [4.78, 5) is 17.4. The van der Waals surface area contributed by atoms with Crippen LogP contribution in [0.25, 0.3) is 0 Å². The second-order valence-corrected chi connectivity index (χ2v) is 9.56. The Bertz CT molecular complexity index is 769. The first kappa shape index (κ1) is 23.3. The Morgan fingerprint density at radius 1 is 1.22 bits per heavy atom. The third-order valence-electron chi connectivity index (χ3n) is 5.96. The molecule has 1 saturated carbocycles. The molecule has 2 fully saturated rings. The van der Waals surface area contributed by atoms with E-state index in [2.05, 4.69) is 18.7 Å². The normalized spacial score (nSPS) is 21.7. The van der Waals surface area contributed by atoms with Crippen LogP contribution >= 0.6 is 0 Å². The predicted molar refractivity (Wildman–Crippen MR) is 119 cm³/mol. The van der Waals surface area contributed by atoms with Crippen molar-refractivity contribution >= 4 is 5.91 Å². The van der Waals surface area contributed by atoms with E-state index < -0.39 is 6.10 Å². The molecule has 1 aromatic carbocycles. The first-order valence-electron chi connectivity index (χ1n) is 11.8. The van der Waals surface area contributed by atoms with Crippen LogP contribution in [-0.4, -0.2) is 92.4 Å². The van der Waals surface area contributed by atoms with Gasteiger partial charge in [0.2, 0.25) is 6.79 Å². The van der Waals surface area contributed by atoms with Crippen molar-refractivity contribution in [3.63, 3.8) is 0 Å². The van der Waals surface area contributed by atoms with Gasteiger partial charge in [0.05, 0.1) is 25.4 Å². The van der Waals surface area contributed by atoms with E-state index in [1.54, 1.807) is 18.2 Å². The van der Waals surface area contributed by atoms with Crippen LogP contribution in [0.15, 0.2) is 18.2 Å². The van der Waals surface area contributed by atoms with Crippen LogP contribution < -0.4 is 9.47 Å². The minimum Gasteiger partial charge on any atom is -0.454 e. The molecule has 2 heterocycles. The number of nitrogens with zero attached hydrogens (tertiary/aromatic N) is 2. The summed E-state index contributed by atoms with van der Waals surface area (Å²) in [6.07, 6.45) is 1.74. The predicted octanol–water partition coefficient (Wildman–Crippen LogP) is 2.00. The Balaban J connectivity index is 1.32. The van der Waals surface area contributed by atoms with Crippen LogP contribution in [0.2, 0.25) is 0 Å². The minimum atomic E-state index is -0.523. The fourth-order valence-corrected chi connectivity index (χ4v) is 4.16. The zero-order valence-electron chi connectivity index (χ0n) is 19.2. The fraction of sp³-hybridized carbons (Fsp3) is 0.708. The molecule has 1 N–H and O–H groups in total. The van der Waals surface area contributed by atoms with Gasteiger partial charge in [0.25, 0.3) is 5.91 Å². The molecule has 0 radical (unpaired) electrons. The highest BCUT2D eigenvalue weighted by atomic mass is 16.7. The number of β-amino-alcohol motifs (C(OH)–C–C–N with tert-alkyl or cyclic N) is 1. The summed E-state index contributed by atoms with van der Waals surface area (Å²) in [5, 5.41) is 10.3. The number of amides is 1. The summed E-state index contributed by atoms with van der Waals surface area (Å²) in [6, 6.07) is 5.37. The van der Waals surface area contributed by atoms with Crippen LogP contribution in [0, 0.1) is 11.8 Å². The minimum absolute atomic E-state index is 0.00181. The van der Waals surface area contributed by atoms with E-state index in [0.717, 1.165) is 13.1 Å². The van der Waals surface area contributed by atoms with E-state index in [0.29, 0.717) is 68.4 Å². The number of fused-ring (bicyclic) bond motifs is 1. The van der Waals surface area contributed by atoms with Crippen molar-refractivity contribution < 1.29 is 28.8 Å². The van der Waals surface area contributed by atoms with Gasteiger partial charge in [-0.25, -0.2) is 0 Å². The maximum Gasteiger partial charge on any atom is 0.254 e. The largest absolute Gasteiger partial charge is 0.454 e.